The van der Waals surface area contributed by atoms with Crippen molar-refractivity contribution in [3.05, 3.63) is 83.0 Å². The van der Waals surface area contributed by atoms with E-state index in [0.717, 1.165) is 32.7 Å². The zero-order chi connectivity index (χ0) is 13.5. The van der Waals surface area contributed by atoms with Crippen molar-refractivity contribution in [2.24, 2.45) is 0 Å². The molecule has 2 aromatic rings. The molecule has 0 fully saturated rings. The first-order valence-electron chi connectivity index (χ1n) is 6.68. The molecule has 2 aromatic carbocycles. The fraction of sp³-hybridized carbons (Fsp3) is 0. The first-order valence-corrected chi connectivity index (χ1v) is 6.68. The van der Waals surface area contributed by atoms with Gasteiger partial charge in [0.1, 0.15) is 0 Å². The molecule has 2 aliphatic rings. The lowest BCUT2D eigenvalue weighted by Gasteiger charge is -2.07. The van der Waals surface area contributed by atoms with Crippen LogP contribution in [0.5, 0.6) is 0 Å². The van der Waals surface area contributed by atoms with Gasteiger partial charge in [-0.05, 0) is 33.2 Å². The number of benzene rings is 3. The summed E-state index contributed by atoms with van der Waals surface area (Å²) < 4.78 is 0. The van der Waals surface area contributed by atoms with Crippen molar-refractivity contribution in [3.8, 4) is 11.1 Å². The molecule has 0 atom stereocenters. The van der Waals surface area contributed by atoms with Gasteiger partial charge in [-0.15, -0.1) is 0 Å². The second-order valence-electron chi connectivity index (χ2n) is 5.00. The second kappa shape index (κ2) is 4.17. The van der Waals surface area contributed by atoms with Crippen LogP contribution in [-0.4, -0.2) is 0 Å². The van der Waals surface area contributed by atoms with Gasteiger partial charge in [0.25, 0.3) is 0 Å². The predicted octanol–water partition coefficient (Wildman–Crippen LogP) is 4.46. The van der Waals surface area contributed by atoms with Gasteiger partial charge in [-0.1, -0.05) is 66.7 Å². The third kappa shape index (κ3) is 1.53. The molecule has 2 aliphatic carbocycles. The average molecular weight is 256 g/mol. The van der Waals surface area contributed by atoms with Crippen molar-refractivity contribution in [1.82, 2.24) is 0 Å². The van der Waals surface area contributed by atoms with E-state index in [-0.39, 0.29) is 5.43 Å². The van der Waals surface area contributed by atoms with E-state index in [1.165, 1.54) is 0 Å². The van der Waals surface area contributed by atoms with Crippen LogP contribution in [0, 0.1) is 0 Å². The van der Waals surface area contributed by atoms with Crippen LogP contribution in [-0.2, 0) is 0 Å². The summed E-state index contributed by atoms with van der Waals surface area (Å²) in [4.78, 5) is 12.5. The smallest absolute Gasteiger partial charge is 0.187 e. The van der Waals surface area contributed by atoms with Crippen molar-refractivity contribution >= 4 is 21.5 Å². The highest BCUT2D eigenvalue weighted by atomic mass is 16.1. The predicted molar refractivity (Wildman–Crippen MR) is 84.3 cm³/mol. The van der Waals surface area contributed by atoms with E-state index in [1.54, 1.807) is 6.07 Å². The number of hydrogen-bond donors (Lipinski definition) is 0. The van der Waals surface area contributed by atoms with Crippen molar-refractivity contribution in [2.45, 2.75) is 0 Å². The Morgan fingerprint density at radius 2 is 1.25 bits per heavy atom. The van der Waals surface area contributed by atoms with E-state index >= 15 is 0 Å². The van der Waals surface area contributed by atoms with Crippen LogP contribution >= 0.6 is 0 Å². The SMILES string of the molecule is O=c1cc2ccccc2c2cccc3ccccc3c1-2. The molecule has 20 heavy (non-hydrogen) atoms. The Bertz CT molecular complexity index is 970. The molecular formula is C19H12O. The maximum Gasteiger partial charge on any atom is 0.187 e. The van der Waals surface area contributed by atoms with Crippen LogP contribution in [0.4, 0.5) is 0 Å². The molecule has 0 N–H and O–H groups in total. The third-order valence-corrected chi connectivity index (χ3v) is 3.82. The second-order valence-corrected chi connectivity index (χ2v) is 5.00. The molecule has 0 saturated heterocycles. The van der Waals surface area contributed by atoms with Gasteiger partial charge in [0, 0.05) is 5.56 Å². The van der Waals surface area contributed by atoms with Gasteiger partial charge in [0.15, 0.2) is 5.43 Å². The third-order valence-electron chi connectivity index (χ3n) is 3.82. The molecular weight excluding hydrogens is 244 g/mol. The van der Waals surface area contributed by atoms with Gasteiger partial charge in [-0.25, -0.2) is 0 Å². The molecule has 0 bridgehead atoms. The molecule has 0 unspecified atom stereocenters. The Balaban J connectivity index is 2.35. The van der Waals surface area contributed by atoms with Gasteiger partial charge in [0.05, 0.1) is 0 Å². The largest absolute Gasteiger partial charge is 0.289 e. The van der Waals surface area contributed by atoms with Crippen LogP contribution in [0.2, 0.25) is 0 Å². The van der Waals surface area contributed by atoms with Gasteiger partial charge < -0.3 is 0 Å². The van der Waals surface area contributed by atoms with Crippen LogP contribution in [0.25, 0.3) is 32.7 Å². The molecule has 94 valence electrons. The average Bonchev–Trinajstić information content (AvgIpc) is 2.67. The van der Waals surface area contributed by atoms with Gasteiger partial charge >= 0.3 is 0 Å². The normalized spacial score (nSPS) is 11.2. The summed E-state index contributed by atoms with van der Waals surface area (Å²) in [6.45, 7) is 0. The monoisotopic (exact) mass is 256 g/mol. The maximum atomic E-state index is 12.5. The standard InChI is InChI=1S/C19H12O/c20-18-12-14-7-2-3-9-15(14)17-11-5-8-13-6-1-4-10-16(13)19(17)18/h1-12H. The Labute approximate surface area is 116 Å². The van der Waals surface area contributed by atoms with Crippen molar-refractivity contribution in [3.63, 3.8) is 0 Å². The van der Waals surface area contributed by atoms with E-state index in [2.05, 4.69) is 12.1 Å². The molecule has 0 amide bonds. The molecule has 0 aromatic heterocycles. The number of hydrogen-bond acceptors (Lipinski definition) is 1. The van der Waals surface area contributed by atoms with E-state index in [4.69, 9.17) is 0 Å². The van der Waals surface area contributed by atoms with Crippen LogP contribution in [0.3, 0.4) is 0 Å². The molecule has 0 radical (unpaired) electrons. The van der Waals surface area contributed by atoms with E-state index in [1.807, 2.05) is 54.6 Å². The van der Waals surface area contributed by atoms with Crippen molar-refractivity contribution < 1.29 is 0 Å². The minimum Gasteiger partial charge on any atom is -0.289 e. The zero-order valence-corrected chi connectivity index (χ0v) is 10.8. The van der Waals surface area contributed by atoms with Gasteiger partial charge in [-0.3, -0.25) is 4.79 Å². The molecule has 0 aliphatic heterocycles. The summed E-state index contributed by atoms with van der Waals surface area (Å²) in [5.41, 5.74) is 1.92. The molecule has 0 spiro atoms. The molecule has 0 saturated carbocycles. The zero-order valence-electron chi connectivity index (χ0n) is 10.8. The summed E-state index contributed by atoms with van der Waals surface area (Å²) in [5, 5.41) is 4.24. The van der Waals surface area contributed by atoms with Gasteiger partial charge in [-0.2, -0.15) is 0 Å². The van der Waals surface area contributed by atoms with Crippen LogP contribution in [0.1, 0.15) is 0 Å². The molecule has 4 rings (SSSR count). The van der Waals surface area contributed by atoms with E-state index < -0.39 is 0 Å². The first-order chi connectivity index (χ1) is 9.84. The molecule has 1 nitrogen and oxygen atoms in total. The summed E-state index contributed by atoms with van der Waals surface area (Å²) >= 11 is 0. The minimum absolute atomic E-state index is 0.0890. The highest BCUT2D eigenvalue weighted by Crippen LogP contribution is 2.32. The summed E-state index contributed by atoms with van der Waals surface area (Å²) in [7, 11) is 0. The van der Waals surface area contributed by atoms with Crippen molar-refractivity contribution in [1.29, 1.82) is 0 Å². The molecule has 1 heteroatoms. The lowest BCUT2D eigenvalue weighted by Crippen LogP contribution is -2.04. The molecule has 0 heterocycles. The summed E-state index contributed by atoms with van der Waals surface area (Å²) in [6, 6.07) is 24.0. The lowest BCUT2D eigenvalue weighted by molar-refractivity contribution is 1.63. The summed E-state index contributed by atoms with van der Waals surface area (Å²) in [6.07, 6.45) is 0. The lowest BCUT2D eigenvalue weighted by atomic mass is 9.95. The fourth-order valence-electron chi connectivity index (χ4n) is 2.92. The van der Waals surface area contributed by atoms with E-state index in [0.29, 0.717) is 0 Å². The maximum absolute atomic E-state index is 12.5. The highest BCUT2D eigenvalue weighted by molar-refractivity contribution is 6.06. The van der Waals surface area contributed by atoms with Crippen LogP contribution < -0.4 is 5.43 Å². The fourth-order valence-corrected chi connectivity index (χ4v) is 2.92. The topological polar surface area (TPSA) is 17.1 Å². The number of fused-ring (bicyclic) bond motifs is 5. The Morgan fingerprint density at radius 1 is 0.600 bits per heavy atom. The number of rotatable bonds is 0. The summed E-state index contributed by atoms with van der Waals surface area (Å²) in [5.74, 6) is 0. The highest BCUT2D eigenvalue weighted by Gasteiger charge is 2.12. The van der Waals surface area contributed by atoms with Crippen molar-refractivity contribution in [2.75, 3.05) is 0 Å². The van der Waals surface area contributed by atoms with E-state index in [9.17, 15) is 4.79 Å². The Kier molecular flexibility index (Phi) is 2.33. The Hall–Kier alpha value is -2.67. The minimum atomic E-state index is 0.0890. The quantitative estimate of drug-likeness (QED) is 0.454. The van der Waals surface area contributed by atoms with Gasteiger partial charge in [0.2, 0.25) is 0 Å². The first kappa shape index (κ1) is 11.2. The van der Waals surface area contributed by atoms with Crippen LogP contribution in [0.15, 0.2) is 77.6 Å². The Morgan fingerprint density at radius 3 is 2.10 bits per heavy atom.